The minimum atomic E-state index is -4.96. The summed E-state index contributed by atoms with van der Waals surface area (Å²) in [6.45, 7) is 11.7. The number of unbranched alkanes of at least 4 members (excludes halogenated alkanes) is 28. The quantitative estimate of drug-likeness (QED) is 0.0169. The molecule has 0 heterocycles. The van der Waals surface area contributed by atoms with Crippen LogP contribution >= 0.6 is 15.6 Å². The maximum absolute atomic E-state index is 13.0. The number of hydrogen-bond donors (Lipinski definition) is 3. The van der Waals surface area contributed by atoms with E-state index in [-0.39, 0.29) is 25.7 Å². The minimum absolute atomic E-state index is 0.0835. The van der Waals surface area contributed by atoms with Crippen LogP contribution in [0.15, 0.2) is 24.3 Å². The van der Waals surface area contributed by atoms with Crippen molar-refractivity contribution in [2.75, 3.05) is 39.6 Å². The largest absolute Gasteiger partial charge is 0.472 e. The average molecular weight is 1310 g/mol. The smallest absolute Gasteiger partial charge is 0.462 e. The summed E-state index contributed by atoms with van der Waals surface area (Å²) in [6.07, 6.45) is 46.6. The van der Waals surface area contributed by atoms with E-state index in [2.05, 4.69) is 72.8 Å². The summed E-state index contributed by atoms with van der Waals surface area (Å²) in [7, 11) is -9.91. The topological polar surface area (TPSA) is 237 Å². The number of aliphatic hydroxyl groups is 1. The highest BCUT2D eigenvalue weighted by Crippen LogP contribution is 2.45. The number of hydrogen-bond acceptors (Lipinski definition) is 15. The van der Waals surface area contributed by atoms with E-state index in [0.29, 0.717) is 25.7 Å². The van der Waals surface area contributed by atoms with Crippen LogP contribution in [0.5, 0.6) is 0 Å². The summed E-state index contributed by atoms with van der Waals surface area (Å²) in [5.41, 5.74) is 0. The third-order valence-electron chi connectivity index (χ3n) is 16.6. The van der Waals surface area contributed by atoms with E-state index in [0.717, 1.165) is 127 Å². The first-order valence-electron chi connectivity index (χ1n) is 35.8. The number of aliphatic hydroxyl groups excluding tert-OH is 1. The first-order chi connectivity index (χ1) is 42.8. The van der Waals surface area contributed by atoms with Crippen molar-refractivity contribution < 1.29 is 80.2 Å². The molecule has 0 aliphatic heterocycles. The Labute approximate surface area is 542 Å². The molecule has 19 heteroatoms. The van der Waals surface area contributed by atoms with Gasteiger partial charge < -0.3 is 33.8 Å². The number of esters is 4. The molecule has 0 aromatic carbocycles. The summed E-state index contributed by atoms with van der Waals surface area (Å²) in [4.78, 5) is 72.5. The zero-order valence-corrected chi connectivity index (χ0v) is 59.2. The van der Waals surface area contributed by atoms with Gasteiger partial charge in [-0.25, -0.2) is 9.13 Å². The molecule has 0 aliphatic rings. The Morgan fingerprint density at radius 1 is 0.360 bits per heavy atom. The van der Waals surface area contributed by atoms with Gasteiger partial charge in [0.25, 0.3) is 0 Å². The van der Waals surface area contributed by atoms with Crippen LogP contribution in [0.4, 0.5) is 0 Å². The monoisotopic (exact) mass is 1310 g/mol. The second-order valence-corrected chi connectivity index (χ2v) is 28.2. The van der Waals surface area contributed by atoms with E-state index in [1.165, 1.54) is 116 Å². The van der Waals surface area contributed by atoms with Crippen LogP contribution in [-0.4, -0.2) is 96.7 Å². The van der Waals surface area contributed by atoms with Gasteiger partial charge in [-0.1, -0.05) is 272 Å². The van der Waals surface area contributed by atoms with Gasteiger partial charge in [0.1, 0.15) is 19.3 Å². The number of carbonyl (C=O) groups excluding carboxylic acids is 4. The van der Waals surface area contributed by atoms with Crippen LogP contribution < -0.4 is 0 Å². The molecule has 0 fully saturated rings. The summed E-state index contributed by atoms with van der Waals surface area (Å²) < 4.78 is 68.2. The van der Waals surface area contributed by atoms with Crippen molar-refractivity contribution in [3.63, 3.8) is 0 Å². The highest BCUT2D eigenvalue weighted by atomic mass is 31.2. The van der Waals surface area contributed by atoms with Crippen molar-refractivity contribution in [3.8, 4) is 0 Å². The molecule has 0 aliphatic carbocycles. The zero-order valence-electron chi connectivity index (χ0n) is 57.4. The predicted molar refractivity (Wildman–Crippen MR) is 358 cm³/mol. The Kier molecular flexibility index (Phi) is 58.8. The lowest BCUT2D eigenvalue weighted by Gasteiger charge is -2.21. The number of ether oxygens (including phenoxy) is 4. The highest BCUT2D eigenvalue weighted by molar-refractivity contribution is 7.47. The third-order valence-corrected chi connectivity index (χ3v) is 18.5. The predicted octanol–water partition coefficient (Wildman–Crippen LogP) is 19.4. The Hall–Kier alpha value is -2.46. The molecule has 0 aromatic heterocycles. The van der Waals surface area contributed by atoms with E-state index >= 15 is 0 Å². The van der Waals surface area contributed by atoms with E-state index in [4.69, 9.17) is 37.0 Å². The molecule has 524 valence electrons. The van der Waals surface area contributed by atoms with Crippen LogP contribution in [0, 0.1) is 17.8 Å². The minimum Gasteiger partial charge on any atom is -0.462 e. The second kappa shape index (κ2) is 60.5. The molecule has 0 rings (SSSR count). The van der Waals surface area contributed by atoms with Gasteiger partial charge in [-0.15, -0.1) is 0 Å². The normalized spacial score (nSPS) is 15.3. The Morgan fingerprint density at radius 2 is 0.629 bits per heavy atom. The van der Waals surface area contributed by atoms with Gasteiger partial charge >= 0.3 is 39.5 Å². The zero-order chi connectivity index (χ0) is 65.9. The number of carbonyl (C=O) groups is 4. The Morgan fingerprint density at radius 3 is 0.944 bits per heavy atom. The van der Waals surface area contributed by atoms with Gasteiger partial charge in [-0.2, -0.15) is 0 Å². The average Bonchev–Trinajstić information content (AvgIpc) is 3.52. The van der Waals surface area contributed by atoms with Crippen LogP contribution in [-0.2, 0) is 65.4 Å². The molecule has 0 saturated carbocycles. The molecular formula is C70H132O17P2. The number of allylic oxidation sites excluding steroid dienone is 4. The molecule has 5 unspecified atom stereocenters. The number of phosphoric ester groups is 2. The van der Waals surface area contributed by atoms with Crippen molar-refractivity contribution in [1.29, 1.82) is 0 Å². The Bertz CT molecular complexity index is 1850. The molecule has 0 aromatic rings. The standard InChI is InChI=1S/C70H132O17P2/c1-8-12-13-14-15-16-17-18-19-20-21-26-29-39-46-53-69(74)86-65(58-81-68(73)52-45-38-32-30-35-42-49-62(6)10-3)59-84-88(76,77)82-55-64(71)56-83-89(78,79)85-60-66(87-70(75)54-47-40-33-31-36-43-50-63(7)11-4)57-80-67(72)51-44-37-28-25-23-22-24-27-34-41-48-61(5)9-2/h16-19,61-66,71H,8-15,20-60H2,1-7H3,(H,76,77)(H,78,79)/b17-16-,19-18-/t61?,62?,63?,64-,65+,66+/m0/s1. The highest BCUT2D eigenvalue weighted by Gasteiger charge is 2.30. The fourth-order valence-electron chi connectivity index (χ4n) is 9.90. The van der Waals surface area contributed by atoms with Gasteiger partial charge in [0.2, 0.25) is 0 Å². The van der Waals surface area contributed by atoms with Crippen molar-refractivity contribution in [1.82, 2.24) is 0 Å². The molecule has 0 radical (unpaired) electrons. The van der Waals surface area contributed by atoms with Crippen LogP contribution in [0.1, 0.15) is 325 Å². The molecule has 89 heavy (non-hydrogen) atoms. The summed E-state index contributed by atoms with van der Waals surface area (Å²) in [5.74, 6) is 0.0924. The number of phosphoric acid groups is 2. The van der Waals surface area contributed by atoms with Gasteiger partial charge in [0, 0.05) is 25.7 Å². The van der Waals surface area contributed by atoms with Crippen molar-refractivity contribution in [3.05, 3.63) is 24.3 Å². The first kappa shape index (κ1) is 86.5. The molecule has 0 saturated heterocycles. The van der Waals surface area contributed by atoms with Gasteiger partial charge in [-0.3, -0.25) is 37.3 Å². The summed E-state index contributed by atoms with van der Waals surface area (Å²) >= 11 is 0. The van der Waals surface area contributed by atoms with Crippen LogP contribution in [0.25, 0.3) is 0 Å². The van der Waals surface area contributed by atoms with Gasteiger partial charge in [-0.05, 0) is 69.1 Å². The molecule has 3 N–H and O–H groups in total. The van der Waals surface area contributed by atoms with Crippen molar-refractivity contribution >= 4 is 39.5 Å². The van der Waals surface area contributed by atoms with Gasteiger partial charge in [0.15, 0.2) is 12.2 Å². The maximum Gasteiger partial charge on any atom is 0.472 e. The van der Waals surface area contributed by atoms with Crippen molar-refractivity contribution in [2.24, 2.45) is 17.8 Å². The molecule has 8 atom stereocenters. The summed E-state index contributed by atoms with van der Waals surface area (Å²) in [5, 5.41) is 10.6. The lowest BCUT2D eigenvalue weighted by Crippen LogP contribution is -2.30. The molecule has 0 bridgehead atoms. The lowest BCUT2D eigenvalue weighted by atomic mass is 9.99. The first-order valence-corrected chi connectivity index (χ1v) is 38.8. The fraction of sp³-hybridized carbons (Fsp3) is 0.886. The third kappa shape index (κ3) is 60.3. The SMILES string of the molecule is CCCCCC/C=C\C=C/CCCCCCCC(=O)O[C@H](COC(=O)CCCCCCCCC(C)CC)COP(=O)(O)OC[C@H](O)COP(=O)(O)OC[C@@H](COC(=O)CCCCCCCCCCCCC(C)CC)OC(=O)CCCCCCCCC(C)CC. The fourth-order valence-corrected chi connectivity index (χ4v) is 11.5. The van der Waals surface area contributed by atoms with E-state index < -0.39 is 97.5 Å². The van der Waals surface area contributed by atoms with E-state index in [1.54, 1.807) is 0 Å². The lowest BCUT2D eigenvalue weighted by molar-refractivity contribution is -0.161. The molecule has 0 spiro atoms. The van der Waals surface area contributed by atoms with Crippen LogP contribution in [0.3, 0.4) is 0 Å². The van der Waals surface area contributed by atoms with Crippen LogP contribution in [0.2, 0.25) is 0 Å². The molecule has 0 amide bonds. The molecular weight excluding hydrogens is 1170 g/mol. The van der Waals surface area contributed by atoms with Crippen molar-refractivity contribution in [2.45, 2.75) is 343 Å². The van der Waals surface area contributed by atoms with Gasteiger partial charge in [0.05, 0.1) is 26.4 Å². The number of rotatable bonds is 66. The summed E-state index contributed by atoms with van der Waals surface area (Å²) in [6, 6.07) is 0. The molecule has 17 nitrogen and oxygen atoms in total. The van der Waals surface area contributed by atoms with E-state index in [1.807, 2.05) is 0 Å². The maximum atomic E-state index is 13.0. The Balaban J connectivity index is 5.28. The second-order valence-electron chi connectivity index (χ2n) is 25.3. The van der Waals surface area contributed by atoms with E-state index in [9.17, 15) is 43.2 Å².